The van der Waals surface area contributed by atoms with Gasteiger partial charge in [-0.15, -0.1) is 0 Å². The van der Waals surface area contributed by atoms with Crippen LogP contribution in [0.2, 0.25) is 0 Å². The van der Waals surface area contributed by atoms with E-state index in [1.165, 1.54) is 5.56 Å². The molecule has 21 heavy (non-hydrogen) atoms. The quantitative estimate of drug-likeness (QED) is 0.693. The molecule has 1 aromatic carbocycles. The van der Waals surface area contributed by atoms with Crippen molar-refractivity contribution >= 4 is 10.0 Å². The van der Waals surface area contributed by atoms with Crippen LogP contribution in [0.1, 0.15) is 23.4 Å². The van der Waals surface area contributed by atoms with Crippen LogP contribution in [0.4, 0.5) is 0 Å². The van der Waals surface area contributed by atoms with Crippen LogP contribution in [0.5, 0.6) is 0 Å². The zero-order chi connectivity index (χ0) is 14.7. The standard InChI is InChI=1S/C14H18N4O2S/c19-21(20,18-5-1-2-14-16-6-7-17-14)13-4-3-11-9-15-10-12(11)8-13/h3-4,6-8,15,18H,1-2,5,9-10H2,(H,16,17). The van der Waals surface area contributed by atoms with Crippen molar-refractivity contribution in [3.8, 4) is 0 Å². The maximum Gasteiger partial charge on any atom is 0.240 e. The molecule has 2 aromatic rings. The van der Waals surface area contributed by atoms with E-state index in [0.29, 0.717) is 17.9 Å². The van der Waals surface area contributed by atoms with Gasteiger partial charge in [0.15, 0.2) is 0 Å². The molecule has 6 nitrogen and oxygen atoms in total. The molecule has 0 saturated carbocycles. The van der Waals surface area contributed by atoms with Gasteiger partial charge < -0.3 is 10.3 Å². The summed E-state index contributed by atoms with van der Waals surface area (Å²) in [6.45, 7) is 1.95. The summed E-state index contributed by atoms with van der Waals surface area (Å²) >= 11 is 0. The maximum absolute atomic E-state index is 12.2. The minimum Gasteiger partial charge on any atom is -0.349 e. The van der Waals surface area contributed by atoms with E-state index in [0.717, 1.165) is 30.9 Å². The number of imidazole rings is 1. The molecule has 3 N–H and O–H groups in total. The second-order valence-corrected chi connectivity index (χ2v) is 6.84. The van der Waals surface area contributed by atoms with Crippen LogP contribution >= 0.6 is 0 Å². The topological polar surface area (TPSA) is 86.9 Å². The Hall–Kier alpha value is -1.70. The van der Waals surface area contributed by atoms with Crippen LogP contribution in [-0.4, -0.2) is 24.9 Å². The summed E-state index contributed by atoms with van der Waals surface area (Å²) in [7, 11) is -3.43. The third-order valence-corrected chi connectivity index (χ3v) is 5.01. The Balaban J connectivity index is 1.59. The van der Waals surface area contributed by atoms with Gasteiger partial charge in [0.2, 0.25) is 10.0 Å². The monoisotopic (exact) mass is 306 g/mol. The maximum atomic E-state index is 12.2. The summed E-state index contributed by atoms with van der Waals surface area (Å²) in [6.07, 6.45) is 4.89. The fourth-order valence-corrected chi connectivity index (χ4v) is 3.54. The summed E-state index contributed by atoms with van der Waals surface area (Å²) in [5, 5.41) is 3.21. The smallest absolute Gasteiger partial charge is 0.240 e. The molecule has 0 aliphatic carbocycles. The Morgan fingerprint density at radius 3 is 2.90 bits per heavy atom. The van der Waals surface area contributed by atoms with Gasteiger partial charge in [-0.1, -0.05) is 6.07 Å². The molecule has 0 radical (unpaired) electrons. The summed E-state index contributed by atoms with van der Waals surface area (Å²) in [5.74, 6) is 0.873. The van der Waals surface area contributed by atoms with Crippen LogP contribution in [-0.2, 0) is 29.5 Å². The van der Waals surface area contributed by atoms with Crippen LogP contribution in [0.25, 0.3) is 0 Å². The molecule has 3 rings (SSSR count). The molecule has 0 fully saturated rings. The van der Waals surface area contributed by atoms with Crippen molar-refractivity contribution in [3.63, 3.8) is 0 Å². The predicted molar refractivity (Wildman–Crippen MR) is 79.1 cm³/mol. The number of rotatable bonds is 6. The molecule has 1 aromatic heterocycles. The SMILES string of the molecule is O=S(=O)(NCCCc1ncc[nH]1)c1ccc2c(c1)CNC2. The molecule has 112 valence electrons. The van der Waals surface area contributed by atoms with E-state index in [1.807, 2.05) is 6.07 Å². The van der Waals surface area contributed by atoms with E-state index in [4.69, 9.17) is 0 Å². The average molecular weight is 306 g/mol. The van der Waals surface area contributed by atoms with Crippen LogP contribution in [0, 0.1) is 0 Å². The Morgan fingerprint density at radius 2 is 2.10 bits per heavy atom. The number of nitrogens with zero attached hydrogens (tertiary/aromatic N) is 1. The highest BCUT2D eigenvalue weighted by atomic mass is 32.2. The fraction of sp³-hybridized carbons (Fsp3) is 0.357. The van der Waals surface area contributed by atoms with Crippen molar-refractivity contribution in [2.75, 3.05) is 6.54 Å². The fourth-order valence-electron chi connectivity index (χ4n) is 2.42. The van der Waals surface area contributed by atoms with Crippen molar-refractivity contribution in [1.82, 2.24) is 20.0 Å². The molecule has 0 amide bonds. The molecule has 0 saturated heterocycles. The molecule has 0 spiro atoms. The average Bonchev–Trinajstić information content (AvgIpc) is 3.13. The number of nitrogens with one attached hydrogen (secondary N) is 3. The van der Waals surface area contributed by atoms with Crippen molar-refractivity contribution < 1.29 is 8.42 Å². The van der Waals surface area contributed by atoms with E-state index in [-0.39, 0.29) is 0 Å². The van der Waals surface area contributed by atoms with Gasteiger partial charge in [0.1, 0.15) is 5.82 Å². The van der Waals surface area contributed by atoms with Crippen LogP contribution in [0.15, 0.2) is 35.5 Å². The van der Waals surface area contributed by atoms with Crippen molar-refractivity contribution in [2.24, 2.45) is 0 Å². The van der Waals surface area contributed by atoms with E-state index in [9.17, 15) is 8.42 Å². The number of fused-ring (bicyclic) bond motifs is 1. The van der Waals surface area contributed by atoms with Gasteiger partial charge >= 0.3 is 0 Å². The normalized spacial score (nSPS) is 14.3. The Labute approximate surface area is 124 Å². The molecule has 7 heteroatoms. The zero-order valence-electron chi connectivity index (χ0n) is 11.6. The second-order valence-electron chi connectivity index (χ2n) is 5.07. The van der Waals surface area contributed by atoms with Gasteiger partial charge in [0, 0.05) is 38.4 Å². The van der Waals surface area contributed by atoms with Crippen molar-refractivity contribution in [1.29, 1.82) is 0 Å². The highest BCUT2D eigenvalue weighted by Gasteiger charge is 2.17. The molecule has 2 heterocycles. The minimum absolute atomic E-state index is 0.336. The molecular formula is C14H18N4O2S. The third kappa shape index (κ3) is 3.31. The first-order chi connectivity index (χ1) is 10.1. The van der Waals surface area contributed by atoms with Gasteiger partial charge in [-0.05, 0) is 29.7 Å². The number of sulfonamides is 1. The van der Waals surface area contributed by atoms with E-state index in [2.05, 4.69) is 20.0 Å². The Morgan fingerprint density at radius 1 is 1.24 bits per heavy atom. The summed E-state index contributed by atoms with van der Waals surface area (Å²) in [6, 6.07) is 5.30. The second kappa shape index (κ2) is 5.97. The lowest BCUT2D eigenvalue weighted by Gasteiger charge is -2.08. The molecule has 0 atom stereocenters. The molecule has 1 aliphatic heterocycles. The minimum atomic E-state index is -3.43. The van der Waals surface area contributed by atoms with Crippen molar-refractivity contribution in [2.45, 2.75) is 30.8 Å². The van der Waals surface area contributed by atoms with Gasteiger partial charge in [-0.2, -0.15) is 0 Å². The lowest BCUT2D eigenvalue weighted by molar-refractivity contribution is 0.578. The number of aryl methyl sites for hydroxylation is 1. The zero-order valence-corrected chi connectivity index (χ0v) is 12.4. The number of aromatic nitrogens is 2. The van der Waals surface area contributed by atoms with E-state index < -0.39 is 10.0 Å². The lowest BCUT2D eigenvalue weighted by atomic mass is 10.1. The number of H-pyrrole nitrogens is 1. The number of hydrogen-bond acceptors (Lipinski definition) is 4. The highest BCUT2D eigenvalue weighted by molar-refractivity contribution is 7.89. The Kier molecular flexibility index (Phi) is 4.05. The number of hydrogen-bond donors (Lipinski definition) is 3. The van der Waals surface area contributed by atoms with Crippen molar-refractivity contribution in [3.05, 3.63) is 47.5 Å². The van der Waals surface area contributed by atoms with Gasteiger partial charge in [-0.25, -0.2) is 18.1 Å². The van der Waals surface area contributed by atoms with Gasteiger partial charge in [0.25, 0.3) is 0 Å². The summed E-state index contributed by atoms with van der Waals surface area (Å²) in [5.41, 5.74) is 2.24. The van der Waals surface area contributed by atoms with E-state index in [1.54, 1.807) is 24.5 Å². The number of benzene rings is 1. The van der Waals surface area contributed by atoms with Gasteiger partial charge in [-0.3, -0.25) is 0 Å². The van der Waals surface area contributed by atoms with E-state index >= 15 is 0 Å². The highest BCUT2D eigenvalue weighted by Crippen LogP contribution is 2.19. The third-order valence-electron chi connectivity index (χ3n) is 3.56. The summed E-state index contributed by atoms with van der Waals surface area (Å²) < 4.78 is 27.1. The Bertz CT molecular complexity index is 711. The lowest BCUT2D eigenvalue weighted by Crippen LogP contribution is -2.25. The molecule has 1 aliphatic rings. The number of aromatic amines is 1. The molecular weight excluding hydrogens is 288 g/mol. The first-order valence-corrected chi connectivity index (χ1v) is 8.44. The van der Waals surface area contributed by atoms with Gasteiger partial charge in [0.05, 0.1) is 4.90 Å². The van der Waals surface area contributed by atoms with Crippen LogP contribution in [0.3, 0.4) is 0 Å². The molecule has 0 bridgehead atoms. The predicted octanol–water partition coefficient (Wildman–Crippen LogP) is 0.924. The first-order valence-electron chi connectivity index (χ1n) is 6.95. The largest absolute Gasteiger partial charge is 0.349 e. The first kappa shape index (κ1) is 14.2. The molecule has 0 unspecified atom stereocenters. The summed E-state index contributed by atoms with van der Waals surface area (Å²) in [4.78, 5) is 7.44. The van der Waals surface area contributed by atoms with Crippen LogP contribution < -0.4 is 10.0 Å².